The number of thiophene rings is 1. The van der Waals surface area contributed by atoms with Crippen LogP contribution in [0.2, 0.25) is 0 Å². The molecule has 3 aromatic rings. The summed E-state index contributed by atoms with van der Waals surface area (Å²) in [5.74, 6) is -0.511. The minimum absolute atomic E-state index is 0.0299. The molecule has 2 aromatic heterocycles. The molecule has 210 valence electrons. The van der Waals surface area contributed by atoms with Crippen molar-refractivity contribution in [3.8, 4) is 10.8 Å². The van der Waals surface area contributed by atoms with Gasteiger partial charge in [0.25, 0.3) is 0 Å². The van der Waals surface area contributed by atoms with E-state index in [1.807, 2.05) is 6.07 Å². The van der Waals surface area contributed by atoms with Gasteiger partial charge in [0.2, 0.25) is 5.91 Å². The number of anilines is 1. The third kappa shape index (κ3) is 7.24. The molecule has 0 radical (unpaired) electrons. The Morgan fingerprint density at radius 2 is 1.90 bits per heavy atom. The van der Waals surface area contributed by atoms with Crippen LogP contribution in [0.5, 0.6) is 10.8 Å². The number of ether oxygens (including phenoxy) is 3. The molecular formula is C27H33BrN4O6S. The number of carbonyl (C=O) groups excluding carboxylic acids is 1. The van der Waals surface area contributed by atoms with Crippen LogP contribution in [0.3, 0.4) is 0 Å². The molecule has 1 N–H and O–H groups in total. The van der Waals surface area contributed by atoms with Crippen molar-refractivity contribution in [2.24, 2.45) is 11.8 Å². The van der Waals surface area contributed by atoms with Crippen molar-refractivity contribution in [2.45, 2.75) is 45.2 Å². The van der Waals surface area contributed by atoms with E-state index >= 15 is 0 Å². The van der Waals surface area contributed by atoms with Gasteiger partial charge >= 0.3 is 5.97 Å². The molecule has 0 atom stereocenters. The summed E-state index contributed by atoms with van der Waals surface area (Å²) in [6.07, 6.45) is 6.87. The number of nitrogens with zero attached hydrogens (tertiary/aromatic N) is 4. The van der Waals surface area contributed by atoms with Crippen LogP contribution >= 0.6 is 27.3 Å². The van der Waals surface area contributed by atoms with Gasteiger partial charge in [-0.25, -0.2) is 9.48 Å². The smallest absolute Gasteiger partial charge is 0.337 e. The fourth-order valence-corrected chi connectivity index (χ4v) is 6.53. The molecule has 1 aliphatic rings. The predicted octanol–water partition coefficient (Wildman–Crippen LogP) is 5.46. The van der Waals surface area contributed by atoms with Crippen molar-refractivity contribution in [1.29, 1.82) is 0 Å². The number of aromatic carboxylic acids is 1. The molecule has 1 fully saturated rings. The van der Waals surface area contributed by atoms with Gasteiger partial charge in [-0.15, -0.1) is 16.4 Å². The standard InChI is InChI=1S/C27H33BrN4O6S/c1-17-4-6-18(7-5-17)25(33)32(19(15-36-2)16-37-3)24-9-8-20(12-22(24)26(34)35)38-27-23(28)13-21(39-27)14-31-11-10-29-30-31/h8-13,17-19H,4-7,14-16H2,1-3H3,(H,34,35)/t17-,18-. The Bertz CT molecular complexity index is 1250. The summed E-state index contributed by atoms with van der Waals surface area (Å²) in [6, 6.07) is 6.23. The Morgan fingerprint density at radius 3 is 2.51 bits per heavy atom. The Hall–Kier alpha value is -2.80. The van der Waals surface area contributed by atoms with Crippen LogP contribution in [-0.2, 0) is 20.8 Å². The zero-order chi connectivity index (χ0) is 27.9. The minimum atomic E-state index is -1.16. The van der Waals surface area contributed by atoms with E-state index in [0.717, 1.165) is 35.0 Å². The molecule has 1 aromatic carbocycles. The number of benzene rings is 1. The summed E-state index contributed by atoms with van der Waals surface area (Å²) in [5, 5.41) is 18.6. The van der Waals surface area contributed by atoms with E-state index < -0.39 is 12.0 Å². The molecule has 0 saturated heterocycles. The molecule has 10 nitrogen and oxygen atoms in total. The maximum Gasteiger partial charge on any atom is 0.337 e. The second-order valence-corrected chi connectivity index (χ2v) is 11.7. The first-order valence-electron chi connectivity index (χ1n) is 12.8. The molecule has 0 unspecified atom stereocenters. The summed E-state index contributed by atoms with van der Waals surface area (Å²) in [7, 11) is 3.11. The third-order valence-corrected chi connectivity index (χ3v) is 8.70. The molecule has 1 aliphatic carbocycles. The van der Waals surface area contributed by atoms with Gasteiger partial charge in [0.15, 0.2) is 5.06 Å². The molecule has 1 amide bonds. The SMILES string of the molecule is COCC(COC)N(c1ccc(Oc2sc(Cn3ccnn3)cc2Br)cc1C(=O)O)C(=O)[C@H]1CC[C@H](C)CC1. The van der Waals surface area contributed by atoms with Crippen LogP contribution in [0, 0.1) is 11.8 Å². The van der Waals surface area contributed by atoms with Crippen molar-refractivity contribution < 1.29 is 28.9 Å². The second-order valence-electron chi connectivity index (χ2n) is 9.76. The number of carboxylic acid groups (broad SMARTS) is 1. The van der Waals surface area contributed by atoms with Crippen LogP contribution in [0.15, 0.2) is 41.1 Å². The van der Waals surface area contributed by atoms with E-state index in [1.165, 1.54) is 17.4 Å². The highest BCUT2D eigenvalue weighted by Crippen LogP contribution is 2.40. The average molecular weight is 622 g/mol. The quantitative estimate of drug-likeness (QED) is 0.284. The van der Waals surface area contributed by atoms with Gasteiger partial charge in [0.05, 0.1) is 47.7 Å². The van der Waals surface area contributed by atoms with E-state index in [2.05, 4.69) is 33.2 Å². The minimum Gasteiger partial charge on any atom is -0.478 e. The fourth-order valence-electron chi connectivity index (χ4n) is 4.87. The van der Waals surface area contributed by atoms with Gasteiger partial charge < -0.3 is 24.2 Å². The first-order chi connectivity index (χ1) is 18.8. The number of methoxy groups -OCH3 is 2. The molecule has 0 aliphatic heterocycles. The highest BCUT2D eigenvalue weighted by Gasteiger charge is 2.35. The summed E-state index contributed by atoms with van der Waals surface area (Å²) < 4.78 is 19.4. The lowest BCUT2D eigenvalue weighted by Gasteiger charge is -2.36. The molecular weight excluding hydrogens is 588 g/mol. The van der Waals surface area contributed by atoms with Gasteiger partial charge in [-0.2, -0.15) is 0 Å². The summed E-state index contributed by atoms with van der Waals surface area (Å²) >= 11 is 4.94. The van der Waals surface area contributed by atoms with Crippen molar-refractivity contribution in [2.75, 3.05) is 32.3 Å². The number of amides is 1. The summed E-state index contributed by atoms with van der Waals surface area (Å²) in [6.45, 7) is 3.14. The van der Waals surface area contributed by atoms with Gasteiger partial charge in [0.1, 0.15) is 5.75 Å². The molecule has 0 bridgehead atoms. The fraction of sp³-hybridized carbons (Fsp3) is 0.481. The van der Waals surface area contributed by atoms with E-state index in [1.54, 1.807) is 48.3 Å². The van der Waals surface area contributed by atoms with Crippen molar-refractivity contribution in [3.63, 3.8) is 0 Å². The van der Waals surface area contributed by atoms with E-state index in [9.17, 15) is 14.7 Å². The van der Waals surface area contributed by atoms with Gasteiger partial charge in [-0.05, 0) is 71.8 Å². The zero-order valence-electron chi connectivity index (χ0n) is 22.2. The predicted molar refractivity (Wildman–Crippen MR) is 151 cm³/mol. The maximum atomic E-state index is 13.9. The first kappa shape index (κ1) is 29.2. The van der Waals surface area contributed by atoms with Crippen LogP contribution in [-0.4, -0.2) is 65.5 Å². The molecule has 1 saturated carbocycles. The Balaban J connectivity index is 1.65. The summed E-state index contributed by atoms with van der Waals surface area (Å²) in [4.78, 5) is 28.9. The maximum absolute atomic E-state index is 13.9. The highest BCUT2D eigenvalue weighted by atomic mass is 79.9. The number of carboxylic acids is 1. The number of carbonyl (C=O) groups is 2. The van der Waals surface area contributed by atoms with E-state index in [4.69, 9.17) is 14.2 Å². The second kappa shape index (κ2) is 13.5. The van der Waals surface area contributed by atoms with Gasteiger partial charge in [-0.3, -0.25) is 4.79 Å². The van der Waals surface area contributed by atoms with Crippen molar-refractivity contribution in [1.82, 2.24) is 15.0 Å². The first-order valence-corrected chi connectivity index (χ1v) is 14.4. The number of hydrogen-bond acceptors (Lipinski definition) is 8. The Morgan fingerprint density at radius 1 is 1.18 bits per heavy atom. The third-order valence-electron chi connectivity index (χ3n) is 6.85. The number of rotatable bonds is 12. The topological polar surface area (TPSA) is 116 Å². The highest BCUT2D eigenvalue weighted by molar-refractivity contribution is 9.10. The van der Waals surface area contributed by atoms with Gasteiger partial charge in [0, 0.05) is 31.2 Å². The molecule has 0 spiro atoms. The van der Waals surface area contributed by atoms with Crippen LogP contribution in [0.1, 0.15) is 47.8 Å². The monoisotopic (exact) mass is 620 g/mol. The number of halogens is 1. The van der Waals surface area contributed by atoms with Crippen LogP contribution in [0.25, 0.3) is 0 Å². The van der Waals surface area contributed by atoms with Gasteiger partial charge in [-0.1, -0.05) is 12.1 Å². The molecule has 39 heavy (non-hydrogen) atoms. The van der Waals surface area contributed by atoms with Crippen molar-refractivity contribution in [3.05, 3.63) is 51.6 Å². The number of hydrogen-bond donors (Lipinski definition) is 1. The Kier molecular flexibility index (Phi) is 10.1. The van der Waals surface area contributed by atoms with Crippen LogP contribution < -0.4 is 9.64 Å². The molecule has 4 rings (SSSR count). The molecule has 12 heteroatoms. The molecule has 2 heterocycles. The number of aromatic nitrogens is 3. The van der Waals surface area contributed by atoms with Crippen molar-refractivity contribution >= 4 is 44.8 Å². The lowest BCUT2D eigenvalue weighted by Crippen LogP contribution is -2.49. The summed E-state index contributed by atoms with van der Waals surface area (Å²) in [5.41, 5.74) is 0.271. The Labute approximate surface area is 240 Å². The largest absolute Gasteiger partial charge is 0.478 e. The lowest BCUT2D eigenvalue weighted by atomic mass is 9.82. The average Bonchev–Trinajstić information content (AvgIpc) is 3.54. The van der Waals surface area contributed by atoms with E-state index in [-0.39, 0.29) is 30.6 Å². The van der Waals surface area contributed by atoms with E-state index in [0.29, 0.717) is 29.0 Å². The van der Waals surface area contributed by atoms with Crippen LogP contribution in [0.4, 0.5) is 5.69 Å². The lowest BCUT2D eigenvalue weighted by molar-refractivity contribution is -0.124. The normalized spacial score (nSPS) is 17.4. The zero-order valence-corrected chi connectivity index (χ0v) is 24.6.